The topological polar surface area (TPSA) is 34.9 Å². The highest BCUT2D eigenvalue weighted by Crippen LogP contribution is 2.11. The predicted molar refractivity (Wildman–Crippen MR) is 87.1 cm³/mol. The summed E-state index contributed by atoms with van der Waals surface area (Å²) >= 11 is 0. The fourth-order valence-electron chi connectivity index (χ4n) is 2.26. The molecule has 0 N–H and O–H groups in total. The molecule has 0 fully saturated rings. The second-order valence-electron chi connectivity index (χ2n) is 5.09. The molecule has 0 aliphatic heterocycles. The van der Waals surface area contributed by atoms with Crippen molar-refractivity contribution < 1.29 is 0 Å². The zero-order valence-corrected chi connectivity index (χ0v) is 12.1. The first-order valence-electron chi connectivity index (χ1n) is 6.86. The lowest BCUT2D eigenvalue weighted by Crippen LogP contribution is -2.21. The molecule has 0 saturated carbocycles. The lowest BCUT2D eigenvalue weighted by molar-refractivity contribution is 0.887. The molecule has 3 rings (SSSR count). The quantitative estimate of drug-likeness (QED) is 0.719. The summed E-state index contributed by atoms with van der Waals surface area (Å²) in [5.41, 5.74) is 4.30. The number of hydrogen-bond acceptors (Lipinski definition) is 2. The van der Waals surface area contributed by atoms with Crippen molar-refractivity contribution in [3.05, 3.63) is 75.7 Å². The maximum Gasteiger partial charge on any atom is 0.276 e. The first-order valence-corrected chi connectivity index (χ1v) is 6.86. The molecule has 21 heavy (non-hydrogen) atoms. The highest BCUT2D eigenvalue weighted by Gasteiger charge is 2.05. The zero-order chi connectivity index (χ0) is 14.8. The van der Waals surface area contributed by atoms with Crippen molar-refractivity contribution in [1.29, 1.82) is 0 Å². The number of hydrogen-bond donors (Lipinski definition) is 0. The van der Waals surface area contributed by atoms with Gasteiger partial charge in [0, 0.05) is 7.05 Å². The molecular formula is C18H16N2O. The summed E-state index contributed by atoms with van der Waals surface area (Å²) in [6.07, 6.45) is 3.69. The number of aryl methyl sites for hydroxylation is 2. The Bertz CT molecular complexity index is 874. The Morgan fingerprint density at radius 2 is 1.71 bits per heavy atom. The van der Waals surface area contributed by atoms with Crippen molar-refractivity contribution in [3.63, 3.8) is 0 Å². The van der Waals surface area contributed by atoms with E-state index in [9.17, 15) is 4.79 Å². The van der Waals surface area contributed by atoms with Crippen molar-refractivity contribution in [3.8, 4) is 0 Å². The van der Waals surface area contributed by atoms with Gasteiger partial charge in [0.1, 0.15) is 5.69 Å². The normalized spacial score (nSPS) is 11.3. The van der Waals surface area contributed by atoms with Crippen molar-refractivity contribution >= 4 is 23.2 Å². The highest BCUT2D eigenvalue weighted by molar-refractivity contribution is 5.77. The Labute approximate surface area is 123 Å². The maximum absolute atomic E-state index is 12.3. The molecule has 1 aromatic heterocycles. The fourth-order valence-corrected chi connectivity index (χ4v) is 2.26. The zero-order valence-electron chi connectivity index (χ0n) is 12.1. The van der Waals surface area contributed by atoms with Crippen LogP contribution in [0.4, 0.5) is 0 Å². The van der Waals surface area contributed by atoms with E-state index in [1.165, 1.54) is 5.56 Å². The number of nitrogens with zero attached hydrogens (tertiary/aromatic N) is 2. The average molecular weight is 276 g/mol. The average Bonchev–Trinajstić information content (AvgIpc) is 2.51. The molecule has 3 aromatic rings. The molecule has 0 atom stereocenters. The minimum atomic E-state index is -0.0861. The molecule has 104 valence electrons. The van der Waals surface area contributed by atoms with Crippen LogP contribution in [0.5, 0.6) is 0 Å². The van der Waals surface area contributed by atoms with E-state index in [0.717, 1.165) is 16.6 Å². The molecule has 3 heteroatoms. The lowest BCUT2D eigenvalue weighted by atomic mass is 10.1. The molecule has 0 spiro atoms. The van der Waals surface area contributed by atoms with Gasteiger partial charge in [-0.2, -0.15) is 0 Å². The summed E-state index contributed by atoms with van der Waals surface area (Å²) in [6.45, 7) is 2.05. The summed E-state index contributed by atoms with van der Waals surface area (Å²) < 4.78 is 1.64. The Morgan fingerprint density at radius 3 is 2.48 bits per heavy atom. The smallest absolute Gasteiger partial charge is 0.276 e. The van der Waals surface area contributed by atoms with E-state index < -0.39 is 0 Å². The lowest BCUT2D eigenvalue weighted by Gasteiger charge is -2.05. The van der Waals surface area contributed by atoms with Crippen LogP contribution in [0.2, 0.25) is 0 Å². The second kappa shape index (κ2) is 5.37. The van der Waals surface area contributed by atoms with Crippen molar-refractivity contribution in [1.82, 2.24) is 9.55 Å². The third-order valence-corrected chi connectivity index (χ3v) is 3.52. The monoisotopic (exact) mass is 276 g/mol. The molecule has 0 amide bonds. The van der Waals surface area contributed by atoms with Gasteiger partial charge < -0.3 is 4.57 Å². The van der Waals surface area contributed by atoms with Crippen molar-refractivity contribution in [2.75, 3.05) is 0 Å². The van der Waals surface area contributed by atoms with Crippen LogP contribution in [0.25, 0.3) is 23.2 Å². The van der Waals surface area contributed by atoms with E-state index in [4.69, 9.17) is 0 Å². The number of para-hydroxylation sites is 2. The van der Waals surface area contributed by atoms with E-state index in [1.54, 1.807) is 17.7 Å². The van der Waals surface area contributed by atoms with Gasteiger partial charge >= 0.3 is 0 Å². The minimum absolute atomic E-state index is 0.0861. The fraction of sp³-hybridized carbons (Fsp3) is 0.111. The van der Waals surface area contributed by atoms with E-state index in [1.807, 2.05) is 61.5 Å². The van der Waals surface area contributed by atoms with Gasteiger partial charge in [0.15, 0.2) is 0 Å². The van der Waals surface area contributed by atoms with Gasteiger partial charge in [0.25, 0.3) is 5.56 Å². The summed E-state index contributed by atoms with van der Waals surface area (Å²) in [7, 11) is 1.77. The summed E-state index contributed by atoms with van der Waals surface area (Å²) in [6, 6.07) is 15.8. The van der Waals surface area contributed by atoms with Gasteiger partial charge in [-0.05, 0) is 30.7 Å². The van der Waals surface area contributed by atoms with E-state index in [-0.39, 0.29) is 5.56 Å². The molecule has 3 nitrogen and oxygen atoms in total. The highest BCUT2D eigenvalue weighted by atomic mass is 16.1. The third kappa shape index (κ3) is 2.63. The number of benzene rings is 2. The van der Waals surface area contributed by atoms with Crippen molar-refractivity contribution in [2.45, 2.75) is 6.92 Å². The number of rotatable bonds is 2. The van der Waals surface area contributed by atoms with Gasteiger partial charge in [-0.25, -0.2) is 4.98 Å². The molecule has 2 aromatic carbocycles. The third-order valence-electron chi connectivity index (χ3n) is 3.52. The molecule has 0 unspecified atom stereocenters. The largest absolute Gasteiger partial charge is 0.308 e. The summed E-state index contributed by atoms with van der Waals surface area (Å²) in [5, 5.41) is 0. The molecular weight excluding hydrogens is 260 g/mol. The Kier molecular flexibility index (Phi) is 3.40. The van der Waals surface area contributed by atoms with E-state index in [0.29, 0.717) is 5.69 Å². The summed E-state index contributed by atoms with van der Waals surface area (Å²) in [5.74, 6) is 0. The van der Waals surface area contributed by atoms with Crippen LogP contribution in [0.1, 0.15) is 16.8 Å². The van der Waals surface area contributed by atoms with Gasteiger partial charge in [0.05, 0.1) is 11.0 Å². The molecule has 0 aliphatic rings. The summed E-state index contributed by atoms with van der Waals surface area (Å²) in [4.78, 5) is 16.8. The minimum Gasteiger partial charge on any atom is -0.308 e. The van der Waals surface area contributed by atoms with Crippen molar-refractivity contribution in [2.24, 2.45) is 7.05 Å². The van der Waals surface area contributed by atoms with Gasteiger partial charge in [-0.3, -0.25) is 4.79 Å². The molecule has 0 aliphatic carbocycles. The Morgan fingerprint density at radius 1 is 1.00 bits per heavy atom. The van der Waals surface area contributed by atoms with Crippen LogP contribution >= 0.6 is 0 Å². The molecule has 0 bridgehead atoms. The van der Waals surface area contributed by atoms with Crippen LogP contribution in [0.15, 0.2) is 53.3 Å². The van der Waals surface area contributed by atoms with Crippen LogP contribution in [-0.2, 0) is 7.05 Å². The maximum atomic E-state index is 12.3. The molecule has 0 saturated heterocycles. The standard InChI is InChI=1S/C18H16N2O/c1-13-7-9-14(10-8-13)11-12-16-18(21)20(2)17-6-4-3-5-15(17)19-16/h3-12H,1-2H3. The predicted octanol–water partition coefficient (Wildman–Crippen LogP) is 3.41. The Hall–Kier alpha value is -2.68. The van der Waals surface area contributed by atoms with Gasteiger partial charge in [-0.15, -0.1) is 0 Å². The first kappa shape index (κ1) is 13.3. The van der Waals surface area contributed by atoms with Crippen LogP contribution < -0.4 is 5.56 Å². The SMILES string of the molecule is Cc1ccc(C=Cc2nc3ccccc3n(C)c2=O)cc1. The van der Waals surface area contributed by atoms with E-state index >= 15 is 0 Å². The van der Waals surface area contributed by atoms with E-state index in [2.05, 4.69) is 4.98 Å². The number of fused-ring (bicyclic) bond motifs is 1. The molecule has 1 heterocycles. The van der Waals surface area contributed by atoms with Crippen LogP contribution in [0, 0.1) is 6.92 Å². The number of aromatic nitrogens is 2. The van der Waals surface area contributed by atoms with Crippen LogP contribution in [-0.4, -0.2) is 9.55 Å². The van der Waals surface area contributed by atoms with Crippen LogP contribution in [0.3, 0.4) is 0 Å². The Balaban J connectivity index is 2.06. The molecule has 0 radical (unpaired) electrons. The van der Waals surface area contributed by atoms with Gasteiger partial charge in [0.2, 0.25) is 0 Å². The van der Waals surface area contributed by atoms with Gasteiger partial charge in [-0.1, -0.05) is 48.0 Å². The second-order valence-corrected chi connectivity index (χ2v) is 5.09. The first-order chi connectivity index (χ1) is 10.1.